The maximum atomic E-state index is 11.1. The summed E-state index contributed by atoms with van der Waals surface area (Å²) >= 11 is 0. The van der Waals surface area contributed by atoms with E-state index < -0.39 is 0 Å². The molecule has 0 radical (unpaired) electrons. The summed E-state index contributed by atoms with van der Waals surface area (Å²) in [6.45, 7) is 6.54. The average molecular weight is 287 g/mol. The summed E-state index contributed by atoms with van der Waals surface area (Å²) in [5.41, 5.74) is 1.71. The van der Waals surface area contributed by atoms with Crippen molar-refractivity contribution in [1.29, 1.82) is 0 Å². The van der Waals surface area contributed by atoms with E-state index in [4.69, 9.17) is 0 Å². The van der Waals surface area contributed by atoms with Crippen molar-refractivity contribution < 1.29 is 4.92 Å². The summed E-state index contributed by atoms with van der Waals surface area (Å²) in [7, 11) is 1.95. The highest BCUT2D eigenvalue weighted by atomic mass is 16.6. The Morgan fingerprint density at radius 2 is 2.05 bits per heavy atom. The molecule has 0 aliphatic rings. The van der Waals surface area contributed by atoms with Gasteiger partial charge in [-0.05, 0) is 30.5 Å². The number of likely N-dealkylation sites (N-methyl/N-ethyl adjacent to an activating group) is 1. The molecule has 0 saturated carbocycles. The van der Waals surface area contributed by atoms with Gasteiger partial charge >= 0.3 is 0 Å². The van der Waals surface area contributed by atoms with Crippen LogP contribution in [0.1, 0.15) is 26.3 Å². The summed E-state index contributed by atoms with van der Waals surface area (Å²) in [5.74, 6) is 0. The van der Waals surface area contributed by atoms with Gasteiger partial charge in [-0.1, -0.05) is 32.9 Å². The Hall–Kier alpha value is -2.01. The molecule has 0 fully saturated rings. The molecule has 0 saturated heterocycles. The number of fused-ring (bicyclic) bond motifs is 1. The summed E-state index contributed by atoms with van der Waals surface area (Å²) < 4.78 is 0. The Bertz CT molecular complexity index is 662. The number of para-hydroxylation sites is 1. The molecule has 0 aliphatic heterocycles. The topological polar surface area (TPSA) is 68.1 Å². The smallest absolute Gasteiger partial charge is 0.295 e. The molecule has 2 aromatic rings. The van der Waals surface area contributed by atoms with Crippen molar-refractivity contribution in [3.63, 3.8) is 0 Å². The molecular weight excluding hydrogens is 266 g/mol. The number of rotatable bonds is 4. The summed E-state index contributed by atoms with van der Waals surface area (Å²) in [4.78, 5) is 14.9. The Morgan fingerprint density at radius 1 is 1.33 bits per heavy atom. The zero-order valence-electron chi connectivity index (χ0n) is 12.9. The van der Waals surface area contributed by atoms with E-state index in [1.807, 2.05) is 19.2 Å². The highest BCUT2D eigenvalue weighted by molar-refractivity contribution is 5.89. The van der Waals surface area contributed by atoms with Crippen LogP contribution in [0, 0.1) is 15.5 Å². The Balaban J connectivity index is 2.51. The maximum absolute atomic E-state index is 11.1. The van der Waals surface area contributed by atoms with E-state index in [1.54, 1.807) is 12.3 Å². The van der Waals surface area contributed by atoms with Crippen LogP contribution in [0.3, 0.4) is 0 Å². The third-order valence-electron chi connectivity index (χ3n) is 3.85. The number of hydrogen-bond donors (Lipinski definition) is 1. The fraction of sp³-hybridized carbons (Fsp3) is 0.438. The number of benzene rings is 1. The predicted molar refractivity (Wildman–Crippen MR) is 84.4 cm³/mol. The molecule has 5 heteroatoms. The zero-order chi connectivity index (χ0) is 15.6. The van der Waals surface area contributed by atoms with Crippen LogP contribution in [0.4, 0.5) is 5.69 Å². The van der Waals surface area contributed by atoms with Crippen molar-refractivity contribution in [2.45, 2.75) is 33.2 Å². The van der Waals surface area contributed by atoms with E-state index in [-0.39, 0.29) is 22.1 Å². The minimum absolute atomic E-state index is 0.0612. The maximum Gasteiger partial charge on any atom is 0.295 e. The molecule has 112 valence electrons. The summed E-state index contributed by atoms with van der Waals surface area (Å²) in [5, 5.41) is 15.3. The first-order valence-corrected chi connectivity index (χ1v) is 7.03. The average Bonchev–Trinajstić information content (AvgIpc) is 2.42. The molecule has 21 heavy (non-hydrogen) atoms. The number of pyridine rings is 1. The molecule has 0 amide bonds. The van der Waals surface area contributed by atoms with Crippen molar-refractivity contribution in [3.05, 3.63) is 46.1 Å². The number of hydrogen-bond acceptors (Lipinski definition) is 4. The fourth-order valence-electron chi connectivity index (χ4n) is 2.60. The van der Waals surface area contributed by atoms with Crippen LogP contribution >= 0.6 is 0 Å². The van der Waals surface area contributed by atoms with Gasteiger partial charge in [0.2, 0.25) is 0 Å². The van der Waals surface area contributed by atoms with E-state index in [1.165, 1.54) is 6.07 Å². The van der Waals surface area contributed by atoms with Gasteiger partial charge in [0.1, 0.15) is 5.52 Å². The Morgan fingerprint density at radius 3 is 2.62 bits per heavy atom. The fourth-order valence-corrected chi connectivity index (χ4v) is 2.60. The number of aromatic nitrogens is 1. The van der Waals surface area contributed by atoms with Gasteiger partial charge in [0, 0.05) is 23.7 Å². The Kier molecular flexibility index (Phi) is 4.23. The number of nitro benzene ring substituents is 1. The van der Waals surface area contributed by atoms with Crippen molar-refractivity contribution in [1.82, 2.24) is 10.3 Å². The number of nitro groups is 1. The van der Waals surface area contributed by atoms with Crippen LogP contribution in [-0.2, 0) is 6.42 Å². The van der Waals surface area contributed by atoms with E-state index in [9.17, 15) is 10.1 Å². The molecule has 5 nitrogen and oxygen atoms in total. The third kappa shape index (κ3) is 3.19. The third-order valence-corrected chi connectivity index (χ3v) is 3.85. The molecule has 1 heterocycles. The lowest BCUT2D eigenvalue weighted by Crippen LogP contribution is -2.39. The monoisotopic (exact) mass is 287 g/mol. The first-order valence-electron chi connectivity index (χ1n) is 7.03. The van der Waals surface area contributed by atoms with Gasteiger partial charge < -0.3 is 5.32 Å². The van der Waals surface area contributed by atoms with Gasteiger partial charge in [-0.3, -0.25) is 10.1 Å². The predicted octanol–water partition coefficient (Wildman–Crippen LogP) is 3.32. The van der Waals surface area contributed by atoms with E-state index in [2.05, 4.69) is 31.1 Å². The highest BCUT2D eigenvalue weighted by Gasteiger charge is 2.24. The van der Waals surface area contributed by atoms with Crippen LogP contribution < -0.4 is 5.32 Å². The van der Waals surface area contributed by atoms with Crippen molar-refractivity contribution in [2.24, 2.45) is 5.41 Å². The van der Waals surface area contributed by atoms with Crippen LogP contribution in [0.15, 0.2) is 30.5 Å². The molecule has 1 aromatic carbocycles. The molecular formula is C16H21N3O2. The summed E-state index contributed by atoms with van der Waals surface area (Å²) in [6.07, 6.45) is 2.46. The largest absolute Gasteiger partial charge is 0.316 e. The van der Waals surface area contributed by atoms with Crippen molar-refractivity contribution in [2.75, 3.05) is 7.05 Å². The number of non-ortho nitro benzene ring substituents is 1. The van der Waals surface area contributed by atoms with Crippen LogP contribution in [0.2, 0.25) is 0 Å². The lowest BCUT2D eigenvalue weighted by Gasteiger charge is -2.30. The van der Waals surface area contributed by atoms with Crippen LogP contribution in [0.5, 0.6) is 0 Å². The molecule has 0 spiro atoms. The van der Waals surface area contributed by atoms with Gasteiger partial charge in [-0.2, -0.15) is 0 Å². The lowest BCUT2D eigenvalue weighted by atomic mass is 9.82. The molecule has 1 atom stereocenters. The Labute approximate surface area is 124 Å². The second kappa shape index (κ2) is 5.77. The molecule has 1 unspecified atom stereocenters. The highest BCUT2D eigenvalue weighted by Crippen LogP contribution is 2.29. The van der Waals surface area contributed by atoms with Crippen molar-refractivity contribution in [3.8, 4) is 0 Å². The summed E-state index contributed by atoms with van der Waals surface area (Å²) in [6, 6.07) is 7.35. The first kappa shape index (κ1) is 15.4. The molecule has 1 aromatic heterocycles. The van der Waals surface area contributed by atoms with Crippen LogP contribution in [-0.4, -0.2) is 23.0 Å². The normalized spacial score (nSPS) is 13.3. The molecule has 2 rings (SSSR count). The lowest BCUT2D eigenvalue weighted by molar-refractivity contribution is -0.383. The van der Waals surface area contributed by atoms with Gasteiger partial charge in [-0.25, -0.2) is 4.98 Å². The van der Waals surface area contributed by atoms with Crippen LogP contribution in [0.25, 0.3) is 10.9 Å². The molecule has 1 N–H and O–H groups in total. The first-order chi connectivity index (χ1) is 9.84. The van der Waals surface area contributed by atoms with Gasteiger partial charge in [0.25, 0.3) is 5.69 Å². The van der Waals surface area contributed by atoms with Gasteiger partial charge in [0.05, 0.1) is 4.92 Å². The van der Waals surface area contributed by atoms with E-state index in [0.29, 0.717) is 5.52 Å². The standard InChI is InChI=1S/C16H21N3O2/c1-16(2,3)14(17-4)10-11-8-9-18-15-12(11)6-5-7-13(15)19(20)21/h5-9,14,17H,10H2,1-4H3. The van der Waals surface area contributed by atoms with Gasteiger partial charge in [-0.15, -0.1) is 0 Å². The SMILES string of the molecule is CNC(Cc1ccnc2c([N+](=O)[O-])cccc12)C(C)(C)C. The second-order valence-electron chi connectivity index (χ2n) is 6.31. The van der Waals surface area contributed by atoms with Crippen molar-refractivity contribution >= 4 is 16.6 Å². The van der Waals surface area contributed by atoms with Gasteiger partial charge in [0.15, 0.2) is 0 Å². The minimum atomic E-state index is -0.377. The molecule has 0 bridgehead atoms. The quantitative estimate of drug-likeness (QED) is 0.692. The number of nitrogens with zero attached hydrogens (tertiary/aromatic N) is 2. The molecule has 0 aliphatic carbocycles. The van der Waals surface area contributed by atoms with E-state index in [0.717, 1.165) is 17.4 Å². The minimum Gasteiger partial charge on any atom is -0.316 e. The number of nitrogens with one attached hydrogen (secondary N) is 1. The second-order valence-corrected chi connectivity index (χ2v) is 6.31. The van der Waals surface area contributed by atoms with E-state index >= 15 is 0 Å². The zero-order valence-corrected chi connectivity index (χ0v) is 12.9.